The van der Waals surface area contributed by atoms with Gasteiger partial charge in [-0.2, -0.15) is 5.10 Å². The zero-order chi connectivity index (χ0) is 22.2. The number of fused-ring (bicyclic) bond motifs is 2. The molecule has 8 heteroatoms. The lowest BCUT2D eigenvalue weighted by molar-refractivity contribution is -0.121. The molecule has 5 rings (SSSR count). The highest BCUT2D eigenvalue weighted by molar-refractivity contribution is 6.06. The number of furan rings is 1. The molecule has 4 heterocycles. The first-order valence-corrected chi connectivity index (χ1v) is 10.5. The molecule has 0 atom stereocenters. The van der Waals surface area contributed by atoms with Crippen LogP contribution in [-0.2, 0) is 23.0 Å². The highest BCUT2D eigenvalue weighted by Crippen LogP contribution is 2.29. The number of aromatic nitrogens is 3. The van der Waals surface area contributed by atoms with Gasteiger partial charge >= 0.3 is 5.97 Å². The van der Waals surface area contributed by atoms with E-state index in [0.29, 0.717) is 40.3 Å². The molecule has 0 bridgehead atoms. The molecule has 1 amide bonds. The van der Waals surface area contributed by atoms with Gasteiger partial charge in [0.15, 0.2) is 18.0 Å². The van der Waals surface area contributed by atoms with Crippen LogP contribution in [0.3, 0.4) is 0 Å². The van der Waals surface area contributed by atoms with Crippen LogP contribution >= 0.6 is 0 Å². The van der Waals surface area contributed by atoms with Crippen molar-refractivity contribution < 1.29 is 18.7 Å². The number of carbonyl (C=O) groups is 2. The lowest BCUT2D eigenvalue weighted by atomic mass is 10.0. The summed E-state index contributed by atoms with van der Waals surface area (Å²) in [5.41, 5.74) is 4.01. The van der Waals surface area contributed by atoms with Gasteiger partial charge in [-0.3, -0.25) is 9.48 Å². The molecule has 3 aromatic heterocycles. The highest BCUT2D eigenvalue weighted by Gasteiger charge is 2.25. The van der Waals surface area contributed by atoms with E-state index in [1.807, 2.05) is 31.2 Å². The van der Waals surface area contributed by atoms with Gasteiger partial charge in [0.05, 0.1) is 22.9 Å². The van der Waals surface area contributed by atoms with Crippen LogP contribution in [0.25, 0.3) is 22.5 Å². The van der Waals surface area contributed by atoms with Crippen molar-refractivity contribution in [2.45, 2.75) is 19.8 Å². The number of pyridine rings is 1. The molecule has 1 aliphatic heterocycles. The van der Waals surface area contributed by atoms with E-state index in [9.17, 15) is 9.59 Å². The number of anilines is 1. The first-order chi connectivity index (χ1) is 15.5. The van der Waals surface area contributed by atoms with Gasteiger partial charge in [0, 0.05) is 19.3 Å². The number of nitrogens with zero attached hydrogens (tertiary/aromatic N) is 4. The van der Waals surface area contributed by atoms with Crippen LogP contribution in [-0.4, -0.2) is 39.8 Å². The number of rotatable bonds is 4. The fourth-order valence-corrected chi connectivity index (χ4v) is 4.23. The number of benzene rings is 1. The minimum absolute atomic E-state index is 0.245. The number of para-hydroxylation sites is 1. The fraction of sp³-hybridized carbons (Fsp3) is 0.250. The Morgan fingerprint density at radius 1 is 1.19 bits per heavy atom. The number of hydrogen-bond acceptors (Lipinski definition) is 6. The lowest BCUT2D eigenvalue weighted by Gasteiger charge is -2.29. The second kappa shape index (κ2) is 7.96. The van der Waals surface area contributed by atoms with Crippen molar-refractivity contribution >= 4 is 28.6 Å². The molecule has 1 aromatic carbocycles. The summed E-state index contributed by atoms with van der Waals surface area (Å²) in [6, 6.07) is 13.0. The number of esters is 1. The van der Waals surface area contributed by atoms with Crippen LogP contribution < -0.4 is 4.90 Å². The molecule has 1 aliphatic rings. The molecule has 0 unspecified atom stereocenters. The molecule has 0 N–H and O–H groups in total. The van der Waals surface area contributed by atoms with Crippen molar-refractivity contribution in [3.8, 4) is 11.5 Å². The zero-order valence-electron chi connectivity index (χ0n) is 17.9. The van der Waals surface area contributed by atoms with E-state index in [2.05, 4.69) is 10.1 Å². The molecule has 0 spiro atoms. The van der Waals surface area contributed by atoms with Crippen LogP contribution in [0.2, 0.25) is 0 Å². The normalized spacial score (nSPS) is 13.2. The van der Waals surface area contributed by atoms with Crippen LogP contribution in [0.4, 0.5) is 5.69 Å². The molecule has 32 heavy (non-hydrogen) atoms. The Morgan fingerprint density at radius 2 is 2.03 bits per heavy atom. The van der Waals surface area contributed by atoms with Crippen molar-refractivity contribution in [3.05, 3.63) is 65.5 Å². The topological polar surface area (TPSA) is 90.5 Å². The third kappa shape index (κ3) is 3.43. The maximum atomic E-state index is 13.1. The van der Waals surface area contributed by atoms with Gasteiger partial charge in [0.2, 0.25) is 0 Å². The Labute approximate surface area is 184 Å². The number of ether oxygens (including phenoxy) is 1. The van der Waals surface area contributed by atoms with E-state index < -0.39 is 5.97 Å². The van der Waals surface area contributed by atoms with Crippen molar-refractivity contribution in [2.24, 2.45) is 7.05 Å². The maximum Gasteiger partial charge on any atom is 0.339 e. The SMILES string of the molecule is Cc1nn(C)c2nc(-c3ccco3)cc(C(=O)OCC(=O)N3CCCc4ccccc43)c12. The molecule has 4 aromatic rings. The van der Waals surface area contributed by atoms with Crippen LogP contribution in [0.1, 0.15) is 28.0 Å². The summed E-state index contributed by atoms with van der Waals surface area (Å²) in [6.07, 6.45) is 3.36. The summed E-state index contributed by atoms with van der Waals surface area (Å²) < 4.78 is 12.5. The van der Waals surface area contributed by atoms with Gasteiger partial charge in [-0.05, 0) is 49.6 Å². The standard InChI is InChI=1S/C24H22N4O4/c1-15-22-17(13-18(20-10-6-12-31-20)25-23(22)27(2)26-15)24(30)32-14-21(29)28-11-5-8-16-7-3-4-9-19(16)28/h3-4,6-7,9-10,12-13H,5,8,11,14H2,1-2H3. The molecule has 162 valence electrons. The maximum absolute atomic E-state index is 13.1. The van der Waals surface area contributed by atoms with E-state index in [0.717, 1.165) is 24.1 Å². The molecule has 8 nitrogen and oxygen atoms in total. The second-order valence-corrected chi connectivity index (χ2v) is 7.79. The minimum atomic E-state index is -0.597. The first-order valence-electron chi connectivity index (χ1n) is 10.5. The third-order valence-corrected chi connectivity index (χ3v) is 5.70. The van der Waals surface area contributed by atoms with Crippen LogP contribution in [0.15, 0.2) is 53.1 Å². The van der Waals surface area contributed by atoms with E-state index in [4.69, 9.17) is 9.15 Å². The summed E-state index contributed by atoms with van der Waals surface area (Å²) in [5, 5.41) is 4.99. The second-order valence-electron chi connectivity index (χ2n) is 7.79. The van der Waals surface area contributed by atoms with Gasteiger partial charge in [0.1, 0.15) is 5.69 Å². The predicted molar refractivity (Wildman–Crippen MR) is 118 cm³/mol. The van der Waals surface area contributed by atoms with Crippen molar-refractivity contribution in [3.63, 3.8) is 0 Å². The van der Waals surface area contributed by atoms with Gasteiger partial charge in [-0.15, -0.1) is 0 Å². The smallest absolute Gasteiger partial charge is 0.339 e. The molecule has 0 saturated carbocycles. The average Bonchev–Trinajstić information content (AvgIpc) is 3.45. The Bertz CT molecular complexity index is 1320. The van der Waals surface area contributed by atoms with Gasteiger partial charge in [-0.25, -0.2) is 9.78 Å². The predicted octanol–water partition coefficient (Wildman–Crippen LogP) is 3.67. The monoisotopic (exact) mass is 430 g/mol. The van der Waals surface area contributed by atoms with E-state index in [1.54, 1.807) is 41.1 Å². The minimum Gasteiger partial charge on any atom is -0.463 e. The quantitative estimate of drug-likeness (QED) is 0.459. The Kier molecular flexibility index (Phi) is 4.97. The van der Waals surface area contributed by atoms with Gasteiger partial charge in [-0.1, -0.05) is 18.2 Å². The van der Waals surface area contributed by atoms with E-state index >= 15 is 0 Å². The number of carbonyl (C=O) groups excluding carboxylic acids is 2. The Morgan fingerprint density at radius 3 is 2.84 bits per heavy atom. The molecule has 0 aliphatic carbocycles. The Hall–Kier alpha value is -3.94. The van der Waals surface area contributed by atoms with E-state index in [-0.39, 0.29) is 12.5 Å². The largest absolute Gasteiger partial charge is 0.463 e. The van der Waals surface area contributed by atoms with Crippen molar-refractivity contribution in [1.29, 1.82) is 0 Å². The summed E-state index contributed by atoms with van der Waals surface area (Å²) in [7, 11) is 1.76. The van der Waals surface area contributed by atoms with E-state index in [1.165, 1.54) is 0 Å². The molecular weight excluding hydrogens is 408 g/mol. The number of hydrogen-bond donors (Lipinski definition) is 0. The molecule has 0 fully saturated rings. The number of aryl methyl sites for hydroxylation is 3. The summed E-state index contributed by atoms with van der Waals surface area (Å²) >= 11 is 0. The summed E-state index contributed by atoms with van der Waals surface area (Å²) in [5.74, 6) is -0.314. The van der Waals surface area contributed by atoms with Crippen molar-refractivity contribution in [2.75, 3.05) is 18.1 Å². The van der Waals surface area contributed by atoms with Gasteiger partial charge in [0.25, 0.3) is 5.91 Å². The summed E-state index contributed by atoms with van der Waals surface area (Å²) in [4.78, 5) is 32.3. The lowest BCUT2D eigenvalue weighted by Crippen LogP contribution is -2.38. The molecule has 0 radical (unpaired) electrons. The third-order valence-electron chi connectivity index (χ3n) is 5.70. The molecule has 0 saturated heterocycles. The van der Waals surface area contributed by atoms with Gasteiger partial charge < -0.3 is 14.1 Å². The van der Waals surface area contributed by atoms with Crippen LogP contribution in [0.5, 0.6) is 0 Å². The van der Waals surface area contributed by atoms with Crippen molar-refractivity contribution in [1.82, 2.24) is 14.8 Å². The Balaban J connectivity index is 1.42. The fourth-order valence-electron chi connectivity index (χ4n) is 4.23. The molecular formula is C24H22N4O4. The zero-order valence-corrected chi connectivity index (χ0v) is 17.9. The highest BCUT2D eigenvalue weighted by atomic mass is 16.5. The van der Waals surface area contributed by atoms with Crippen LogP contribution in [0, 0.1) is 6.92 Å². The first kappa shape index (κ1) is 20.0. The number of amides is 1. The summed E-state index contributed by atoms with van der Waals surface area (Å²) in [6.45, 7) is 2.08. The average molecular weight is 430 g/mol.